The molecule has 0 saturated carbocycles. The summed E-state index contributed by atoms with van der Waals surface area (Å²) < 4.78 is 56.6. The van der Waals surface area contributed by atoms with Crippen molar-refractivity contribution in [2.24, 2.45) is 0 Å². The van der Waals surface area contributed by atoms with Crippen LogP contribution in [0.1, 0.15) is 19.3 Å². The van der Waals surface area contributed by atoms with E-state index in [0.29, 0.717) is 0 Å². The smallest absolute Gasteiger partial charge is 0.387 e. The Labute approximate surface area is 150 Å². The molecule has 1 saturated heterocycles. The van der Waals surface area contributed by atoms with Crippen molar-refractivity contribution in [1.82, 2.24) is 4.98 Å². The Balaban J connectivity index is 1.77. The van der Waals surface area contributed by atoms with Gasteiger partial charge in [0.2, 0.25) is 0 Å². The Morgan fingerprint density at radius 1 is 1.08 bits per heavy atom. The minimum Gasteiger partial charge on any atom is -0.433 e. The van der Waals surface area contributed by atoms with Gasteiger partial charge < -0.3 is 9.64 Å². The van der Waals surface area contributed by atoms with E-state index < -0.39 is 22.4 Å². The summed E-state index contributed by atoms with van der Waals surface area (Å²) in [6, 6.07) is 8.56. The second-order valence-corrected chi connectivity index (χ2v) is 7.53. The van der Waals surface area contributed by atoms with Crippen LogP contribution in [0.15, 0.2) is 47.5 Å². The van der Waals surface area contributed by atoms with Crippen LogP contribution in [0.25, 0.3) is 0 Å². The lowest BCUT2D eigenvalue weighted by Crippen LogP contribution is -2.29. The number of hydrogen-bond donors (Lipinski definition) is 1. The standard InChI is InChI=1S/C17H19F2N3O3S/c18-17(19)25-14-6-2-3-7-15(14)26(23,24)21-16-9-8-13(12-20-16)22-10-4-1-5-11-22/h2-3,6-9,12,17H,1,4-5,10-11H2,(H,20,21). The molecule has 1 fully saturated rings. The molecule has 26 heavy (non-hydrogen) atoms. The quantitative estimate of drug-likeness (QED) is 0.827. The van der Waals surface area contributed by atoms with Crippen molar-refractivity contribution < 1.29 is 21.9 Å². The van der Waals surface area contributed by atoms with E-state index in [0.717, 1.165) is 31.6 Å². The van der Waals surface area contributed by atoms with Crippen LogP contribution in [0.5, 0.6) is 5.75 Å². The minimum atomic E-state index is -4.11. The van der Waals surface area contributed by atoms with Gasteiger partial charge in [-0.25, -0.2) is 13.4 Å². The van der Waals surface area contributed by atoms with E-state index in [9.17, 15) is 17.2 Å². The first-order valence-corrected chi connectivity index (χ1v) is 9.72. The molecule has 1 aromatic heterocycles. The van der Waals surface area contributed by atoms with E-state index >= 15 is 0 Å². The summed E-state index contributed by atoms with van der Waals surface area (Å²) in [5, 5.41) is 0. The van der Waals surface area contributed by atoms with Gasteiger partial charge in [-0.2, -0.15) is 8.78 Å². The van der Waals surface area contributed by atoms with Gasteiger partial charge in [-0.05, 0) is 43.5 Å². The van der Waals surface area contributed by atoms with Crippen molar-refractivity contribution in [3.05, 3.63) is 42.6 Å². The highest BCUT2D eigenvalue weighted by Crippen LogP contribution is 2.27. The molecule has 1 aliphatic rings. The molecule has 0 radical (unpaired) electrons. The molecule has 9 heteroatoms. The van der Waals surface area contributed by atoms with E-state index in [-0.39, 0.29) is 10.7 Å². The molecule has 2 aromatic rings. The van der Waals surface area contributed by atoms with E-state index in [1.54, 1.807) is 18.3 Å². The van der Waals surface area contributed by atoms with Crippen LogP contribution in [0.2, 0.25) is 0 Å². The Hall–Kier alpha value is -2.42. The molecule has 0 atom stereocenters. The average Bonchev–Trinajstić information content (AvgIpc) is 2.62. The zero-order valence-corrected chi connectivity index (χ0v) is 14.8. The molecule has 1 aromatic carbocycles. The van der Waals surface area contributed by atoms with Crippen molar-refractivity contribution in [1.29, 1.82) is 0 Å². The Morgan fingerprint density at radius 3 is 2.46 bits per heavy atom. The van der Waals surface area contributed by atoms with Gasteiger partial charge in [0.05, 0.1) is 11.9 Å². The third kappa shape index (κ3) is 4.40. The molecule has 1 aliphatic heterocycles. The fraction of sp³-hybridized carbons (Fsp3) is 0.353. The first kappa shape index (κ1) is 18.4. The molecular formula is C17H19F2N3O3S. The number of aromatic nitrogens is 1. The number of halogens is 2. The van der Waals surface area contributed by atoms with Gasteiger partial charge >= 0.3 is 6.61 Å². The van der Waals surface area contributed by atoms with Crippen molar-refractivity contribution in [2.45, 2.75) is 30.8 Å². The Kier molecular flexibility index (Phi) is 5.55. The Bertz CT molecular complexity index is 839. The molecule has 0 bridgehead atoms. The first-order chi connectivity index (χ1) is 12.5. The number of nitrogens with zero attached hydrogens (tertiary/aromatic N) is 2. The summed E-state index contributed by atoms with van der Waals surface area (Å²) in [5.41, 5.74) is 0.925. The topological polar surface area (TPSA) is 71.5 Å². The van der Waals surface area contributed by atoms with Crippen molar-refractivity contribution in [2.75, 3.05) is 22.7 Å². The first-order valence-electron chi connectivity index (χ1n) is 8.23. The third-order valence-corrected chi connectivity index (χ3v) is 5.46. The number of rotatable bonds is 6. The van der Waals surface area contributed by atoms with Crippen molar-refractivity contribution >= 4 is 21.5 Å². The van der Waals surface area contributed by atoms with Gasteiger partial charge in [-0.15, -0.1) is 0 Å². The fourth-order valence-corrected chi connectivity index (χ4v) is 3.99. The average molecular weight is 383 g/mol. The number of benzene rings is 1. The summed E-state index contributed by atoms with van der Waals surface area (Å²) >= 11 is 0. The summed E-state index contributed by atoms with van der Waals surface area (Å²) in [4.78, 5) is 5.96. The maximum Gasteiger partial charge on any atom is 0.387 e. The number of nitrogens with one attached hydrogen (secondary N) is 1. The summed E-state index contributed by atoms with van der Waals surface area (Å²) in [5.74, 6) is -0.308. The van der Waals surface area contributed by atoms with E-state index in [1.165, 1.54) is 30.7 Å². The molecule has 1 N–H and O–H groups in total. The zero-order valence-electron chi connectivity index (χ0n) is 13.9. The van der Waals surface area contributed by atoms with Crippen molar-refractivity contribution in [3.63, 3.8) is 0 Å². The summed E-state index contributed by atoms with van der Waals surface area (Å²) in [6.07, 6.45) is 5.05. The van der Waals surface area contributed by atoms with Crippen LogP contribution in [0.3, 0.4) is 0 Å². The normalized spacial score (nSPS) is 15.1. The van der Waals surface area contributed by atoms with Gasteiger partial charge in [0.25, 0.3) is 10.0 Å². The van der Waals surface area contributed by atoms with Crippen LogP contribution in [0.4, 0.5) is 20.3 Å². The largest absolute Gasteiger partial charge is 0.433 e. The van der Waals surface area contributed by atoms with Gasteiger partial charge in [0, 0.05) is 13.1 Å². The summed E-state index contributed by atoms with van der Waals surface area (Å²) in [7, 11) is -4.11. The maximum atomic E-state index is 12.5. The van der Waals surface area contributed by atoms with Crippen molar-refractivity contribution in [3.8, 4) is 5.75 Å². The van der Waals surface area contributed by atoms with E-state index in [2.05, 4.69) is 19.3 Å². The predicted octanol–water partition coefficient (Wildman–Crippen LogP) is 3.47. The second-order valence-electron chi connectivity index (χ2n) is 5.88. The second kappa shape index (κ2) is 7.86. The van der Waals surface area contributed by atoms with Crippen LogP contribution in [-0.4, -0.2) is 33.1 Å². The monoisotopic (exact) mass is 383 g/mol. The number of ether oxygens (including phenoxy) is 1. The number of alkyl halides is 2. The highest BCUT2D eigenvalue weighted by molar-refractivity contribution is 7.92. The lowest BCUT2D eigenvalue weighted by molar-refractivity contribution is -0.0517. The van der Waals surface area contributed by atoms with Gasteiger partial charge in [-0.3, -0.25) is 4.72 Å². The molecule has 140 valence electrons. The number of para-hydroxylation sites is 1. The Morgan fingerprint density at radius 2 is 1.81 bits per heavy atom. The molecule has 0 spiro atoms. The zero-order chi connectivity index (χ0) is 18.6. The highest BCUT2D eigenvalue weighted by Gasteiger charge is 2.22. The van der Waals surface area contributed by atoms with E-state index in [1.807, 2.05) is 0 Å². The fourth-order valence-electron chi connectivity index (χ4n) is 2.84. The molecular weight excluding hydrogens is 364 g/mol. The SMILES string of the molecule is O=S(=O)(Nc1ccc(N2CCCCC2)cn1)c1ccccc1OC(F)F. The number of hydrogen-bond acceptors (Lipinski definition) is 5. The van der Waals surface area contributed by atoms with Gasteiger partial charge in [-0.1, -0.05) is 12.1 Å². The third-order valence-electron chi connectivity index (χ3n) is 4.06. The predicted molar refractivity (Wildman–Crippen MR) is 94.2 cm³/mol. The molecule has 0 amide bonds. The molecule has 0 aliphatic carbocycles. The number of piperidine rings is 1. The molecule has 3 rings (SSSR count). The minimum absolute atomic E-state index is 0.109. The molecule has 0 unspecified atom stereocenters. The molecule has 2 heterocycles. The van der Waals surface area contributed by atoms with Gasteiger partial charge in [0.15, 0.2) is 0 Å². The highest BCUT2D eigenvalue weighted by atomic mass is 32.2. The maximum absolute atomic E-state index is 12.5. The lowest BCUT2D eigenvalue weighted by atomic mass is 10.1. The molecule has 6 nitrogen and oxygen atoms in total. The van der Waals surface area contributed by atoms with Crippen LogP contribution < -0.4 is 14.4 Å². The lowest BCUT2D eigenvalue weighted by Gasteiger charge is -2.28. The van der Waals surface area contributed by atoms with E-state index in [4.69, 9.17) is 0 Å². The number of pyridine rings is 1. The number of anilines is 2. The number of sulfonamides is 1. The van der Waals surface area contributed by atoms with Crippen LogP contribution >= 0.6 is 0 Å². The summed E-state index contributed by atoms with van der Waals surface area (Å²) in [6.45, 7) is -1.22. The van der Waals surface area contributed by atoms with Crippen LogP contribution in [-0.2, 0) is 10.0 Å². The van der Waals surface area contributed by atoms with Gasteiger partial charge in [0.1, 0.15) is 16.5 Å². The van der Waals surface area contributed by atoms with Crippen LogP contribution in [0, 0.1) is 0 Å².